The van der Waals surface area contributed by atoms with Gasteiger partial charge < -0.3 is 14.5 Å². The number of carbonyl (C=O) groups is 2. The Kier molecular flexibility index (Phi) is 7.17. The van der Waals surface area contributed by atoms with Crippen LogP contribution in [0.2, 0.25) is 0 Å². The van der Waals surface area contributed by atoms with E-state index in [2.05, 4.69) is 4.72 Å². The molecule has 2 amide bonds. The summed E-state index contributed by atoms with van der Waals surface area (Å²) in [5.74, 6) is 1.08. The highest BCUT2D eigenvalue weighted by Crippen LogP contribution is 2.43. The normalized spacial score (nSPS) is 38.4. The van der Waals surface area contributed by atoms with Crippen molar-refractivity contribution in [2.45, 2.75) is 102 Å². The van der Waals surface area contributed by atoms with Gasteiger partial charge in [-0.15, -0.1) is 0 Å². The summed E-state index contributed by atoms with van der Waals surface area (Å²) in [6, 6.07) is 0.0973. The molecule has 0 aromatic heterocycles. The Labute approximate surface area is 192 Å². The number of carbonyl (C=O) groups excluding carboxylic acids is 2. The quantitative estimate of drug-likeness (QED) is 0.678. The van der Waals surface area contributed by atoms with E-state index in [1.165, 1.54) is 6.26 Å². The zero-order valence-corrected chi connectivity index (χ0v) is 20.5. The maximum Gasteiger partial charge on any atom is 0.252 e. The maximum atomic E-state index is 13.4. The molecule has 0 bridgehead atoms. The van der Waals surface area contributed by atoms with Crippen molar-refractivity contribution in [1.29, 1.82) is 0 Å². The Morgan fingerprint density at radius 2 is 1.72 bits per heavy atom. The van der Waals surface area contributed by atoms with Gasteiger partial charge in [0.25, 0.3) is 5.91 Å². The lowest BCUT2D eigenvalue weighted by Crippen LogP contribution is -2.68. The lowest BCUT2D eigenvalue weighted by atomic mass is 9.68. The summed E-state index contributed by atoms with van der Waals surface area (Å²) >= 11 is 0. The van der Waals surface area contributed by atoms with Gasteiger partial charge in [-0.05, 0) is 63.7 Å². The summed E-state index contributed by atoms with van der Waals surface area (Å²) in [6.07, 6.45) is 9.29. The number of piperazine rings is 1. The number of hydrogen-bond acceptors (Lipinski definition) is 5. The van der Waals surface area contributed by atoms with E-state index in [1.54, 1.807) is 6.92 Å². The van der Waals surface area contributed by atoms with Gasteiger partial charge in [-0.25, -0.2) is 13.1 Å². The second kappa shape index (κ2) is 9.58. The van der Waals surface area contributed by atoms with Crippen LogP contribution in [0.25, 0.3) is 0 Å². The van der Waals surface area contributed by atoms with E-state index in [1.807, 2.05) is 16.7 Å². The van der Waals surface area contributed by atoms with Crippen molar-refractivity contribution < 1.29 is 22.7 Å². The molecule has 1 N–H and O–H groups in total. The van der Waals surface area contributed by atoms with Gasteiger partial charge in [0.05, 0.1) is 18.3 Å². The van der Waals surface area contributed by atoms with Crippen LogP contribution >= 0.6 is 0 Å². The number of fused-ring (bicyclic) bond motifs is 1. The van der Waals surface area contributed by atoms with Crippen molar-refractivity contribution in [3.8, 4) is 0 Å². The van der Waals surface area contributed by atoms with Crippen molar-refractivity contribution in [2.75, 3.05) is 19.4 Å². The average Bonchev–Trinajstić information content (AvgIpc) is 3.26. The number of rotatable bonds is 4. The van der Waals surface area contributed by atoms with Crippen LogP contribution in [0.4, 0.5) is 0 Å². The van der Waals surface area contributed by atoms with Crippen molar-refractivity contribution in [3.05, 3.63) is 0 Å². The zero-order valence-electron chi connectivity index (χ0n) is 19.7. The maximum absolute atomic E-state index is 13.4. The molecule has 32 heavy (non-hydrogen) atoms. The largest absolute Gasteiger partial charge is 0.368 e. The fourth-order valence-corrected chi connectivity index (χ4v) is 7.72. The minimum atomic E-state index is -3.21. The molecule has 0 radical (unpaired) electrons. The summed E-state index contributed by atoms with van der Waals surface area (Å²) in [7, 11) is -3.21. The topological polar surface area (TPSA) is 96.0 Å². The predicted molar refractivity (Wildman–Crippen MR) is 121 cm³/mol. The first-order chi connectivity index (χ1) is 15.1. The molecule has 6 unspecified atom stereocenters. The first-order valence-corrected chi connectivity index (χ1v) is 14.2. The van der Waals surface area contributed by atoms with E-state index in [0.717, 1.165) is 57.8 Å². The zero-order chi connectivity index (χ0) is 23.0. The van der Waals surface area contributed by atoms with Gasteiger partial charge >= 0.3 is 0 Å². The summed E-state index contributed by atoms with van der Waals surface area (Å²) in [6.45, 7) is 4.89. The van der Waals surface area contributed by atoms with E-state index in [9.17, 15) is 18.0 Å². The van der Waals surface area contributed by atoms with Gasteiger partial charge in [-0.1, -0.05) is 12.8 Å². The molecule has 2 saturated carbocycles. The summed E-state index contributed by atoms with van der Waals surface area (Å²) in [4.78, 5) is 29.9. The molecule has 9 heteroatoms. The van der Waals surface area contributed by atoms with E-state index in [0.29, 0.717) is 25.0 Å². The third kappa shape index (κ3) is 5.14. The van der Waals surface area contributed by atoms with E-state index >= 15 is 0 Å². The van der Waals surface area contributed by atoms with Crippen LogP contribution in [0.3, 0.4) is 0 Å². The Morgan fingerprint density at radius 1 is 0.969 bits per heavy atom. The molecule has 7 atom stereocenters. The minimum absolute atomic E-state index is 0.00573. The van der Waals surface area contributed by atoms with Gasteiger partial charge in [0.2, 0.25) is 15.9 Å². The smallest absolute Gasteiger partial charge is 0.252 e. The van der Waals surface area contributed by atoms with E-state index < -0.39 is 10.0 Å². The summed E-state index contributed by atoms with van der Waals surface area (Å²) in [5.41, 5.74) is 0. The molecule has 2 heterocycles. The van der Waals surface area contributed by atoms with Crippen LogP contribution in [-0.4, -0.2) is 79.7 Å². The lowest BCUT2D eigenvalue weighted by molar-refractivity contribution is -0.160. The Balaban J connectivity index is 1.51. The molecule has 0 aromatic carbocycles. The highest BCUT2D eigenvalue weighted by molar-refractivity contribution is 7.88. The second-order valence-corrected chi connectivity index (χ2v) is 12.3. The number of nitrogens with one attached hydrogen (secondary N) is 1. The van der Waals surface area contributed by atoms with Crippen molar-refractivity contribution in [3.63, 3.8) is 0 Å². The lowest BCUT2D eigenvalue weighted by Gasteiger charge is -2.55. The van der Waals surface area contributed by atoms with Crippen LogP contribution in [0.1, 0.15) is 71.6 Å². The second-order valence-electron chi connectivity index (χ2n) is 10.5. The van der Waals surface area contributed by atoms with Gasteiger partial charge in [-0.3, -0.25) is 9.59 Å². The highest BCUT2D eigenvalue weighted by atomic mass is 32.2. The number of nitrogens with zero attached hydrogens (tertiary/aromatic N) is 2. The van der Waals surface area contributed by atoms with Crippen LogP contribution in [0, 0.1) is 11.8 Å². The summed E-state index contributed by atoms with van der Waals surface area (Å²) in [5, 5.41) is 0. The fourth-order valence-electron chi connectivity index (χ4n) is 6.90. The molecule has 4 rings (SSSR count). The number of ether oxygens (including phenoxy) is 1. The predicted octanol–water partition coefficient (Wildman–Crippen LogP) is 1.89. The van der Waals surface area contributed by atoms with Crippen molar-refractivity contribution in [2.24, 2.45) is 11.8 Å². The minimum Gasteiger partial charge on any atom is -0.368 e. The number of sulfonamides is 1. The molecular weight excluding hydrogens is 430 g/mol. The third-order valence-electron chi connectivity index (χ3n) is 8.13. The molecule has 2 aliphatic carbocycles. The fraction of sp³-hybridized carbons (Fsp3) is 0.913. The van der Waals surface area contributed by atoms with Crippen molar-refractivity contribution in [1.82, 2.24) is 14.5 Å². The van der Waals surface area contributed by atoms with E-state index in [4.69, 9.17) is 4.74 Å². The van der Waals surface area contributed by atoms with Crippen LogP contribution in [0.5, 0.6) is 0 Å². The molecule has 4 fully saturated rings. The number of amides is 2. The molecule has 4 aliphatic rings. The first kappa shape index (κ1) is 24.0. The number of hydrogen-bond donors (Lipinski definition) is 1. The Morgan fingerprint density at radius 3 is 2.38 bits per heavy atom. The molecule has 2 saturated heterocycles. The molecule has 2 aliphatic heterocycles. The first-order valence-electron chi connectivity index (χ1n) is 12.3. The van der Waals surface area contributed by atoms with Crippen LogP contribution in [0.15, 0.2) is 0 Å². The molecule has 182 valence electrons. The standard InChI is InChI=1S/C23H39N3O5S/c1-15-14-25(23(28)22-8-5-11-31-22)21-13-18(9-10-20(21)26(15)16(2)27)17-6-4-7-19(12-17)24-32(3,29)30/h15,17-22,24H,4-14H2,1-3H3/t15-,17?,18?,19?,20?,21?,22?/m0/s1. The highest BCUT2D eigenvalue weighted by Gasteiger charge is 2.48. The van der Waals surface area contributed by atoms with Crippen molar-refractivity contribution >= 4 is 21.8 Å². The van der Waals surface area contributed by atoms with Gasteiger partial charge in [0, 0.05) is 32.2 Å². The Bertz CT molecular complexity index is 812. The average molecular weight is 470 g/mol. The SMILES string of the molecule is CC(=O)N1C2CCC(C3CCCC(NS(C)(=O)=O)C3)CC2N(C(=O)C2CCCO2)C[C@@H]1C. The van der Waals surface area contributed by atoms with Gasteiger partial charge in [0.15, 0.2) is 0 Å². The molecule has 0 spiro atoms. The third-order valence-corrected chi connectivity index (χ3v) is 8.89. The van der Waals surface area contributed by atoms with Gasteiger partial charge in [0.1, 0.15) is 6.10 Å². The van der Waals surface area contributed by atoms with Crippen LogP contribution in [-0.2, 0) is 24.3 Å². The monoisotopic (exact) mass is 469 g/mol. The van der Waals surface area contributed by atoms with Gasteiger partial charge in [-0.2, -0.15) is 0 Å². The molecule has 8 nitrogen and oxygen atoms in total. The van der Waals surface area contributed by atoms with E-state index in [-0.39, 0.29) is 42.1 Å². The molecule has 0 aromatic rings. The summed E-state index contributed by atoms with van der Waals surface area (Å²) < 4.78 is 32.0. The van der Waals surface area contributed by atoms with Crippen LogP contribution < -0.4 is 4.72 Å². The molecular formula is C23H39N3O5S. The Hall–Kier alpha value is -1.19.